The quantitative estimate of drug-likeness (QED) is 0.857. The van der Waals surface area contributed by atoms with Gasteiger partial charge in [0.25, 0.3) is 5.91 Å². The summed E-state index contributed by atoms with van der Waals surface area (Å²) in [6, 6.07) is 5.66. The van der Waals surface area contributed by atoms with Crippen LogP contribution >= 0.6 is 0 Å². The van der Waals surface area contributed by atoms with Gasteiger partial charge in [0.15, 0.2) is 0 Å². The lowest BCUT2D eigenvalue weighted by Crippen LogP contribution is -2.49. The van der Waals surface area contributed by atoms with Crippen molar-refractivity contribution in [1.29, 1.82) is 0 Å². The van der Waals surface area contributed by atoms with Gasteiger partial charge in [0.05, 0.1) is 6.04 Å². The third-order valence-electron chi connectivity index (χ3n) is 4.35. The van der Waals surface area contributed by atoms with Gasteiger partial charge in [0.1, 0.15) is 0 Å². The number of fused-ring (bicyclic) bond motifs is 1. The number of carbonyl (C=O) groups excluding carboxylic acids is 1. The topological polar surface area (TPSA) is 86.9 Å². The van der Waals surface area contributed by atoms with Crippen LogP contribution in [0.15, 0.2) is 18.2 Å². The first-order chi connectivity index (χ1) is 10.1. The monoisotopic (exact) mass is 289 g/mol. The van der Waals surface area contributed by atoms with Crippen molar-refractivity contribution in [1.82, 2.24) is 9.80 Å². The van der Waals surface area contributed by atoms with Crippen LogP contribution in [-0.4, -0.2) is 46.0 Å². The van der Waals surface area contributed by atoms with Gasteiger partial charge in [0.2, 0.25) is 0 Å². The van der Waals surface area contributed by atoms with E-state index >= 15 is 0 Å². The van der Waals surface area contributed by atoms with Gasteiger partial charge in [-0.05, 0) is 30.0 Å². The van der Waals surface area contributed by atoms with Crippen LogP contribution < -0.4 is 5.73 Å². The average Bonchev–Trinajstić information content (AvgIpc) is 2.84. The second-order valence-electron chi connectivity index (χ2n) is 5.65. The Morgan fingerprint density at radius 3 is 2.95 bits per heavy atom. The first kappa shape index (κ1) is 13.9. The Bertz CT molecular complexity index is 588. The molecule has 2 aliphatic rings. The molecular formula is C15H19N3O3. The van der Waals surface area contributed by atoms with E-state index in [2.05, 4.69) is 0 Å². The van der Waals surface area contributed by atoms with E-state index in [-0.39, 0.29) is 11.9 Å². The van der Waals surface area contributed by atoms with E-state index in [9.17, 15) is 9.59 Å². The van der Waals surface area contributed by atoms with E-state index in [0.29, 0.717) is 26.2 Å². The molecule has 0 aliphatic carbocycles. The van der Waals surface area contributed by atoms with Gasteiger partial charge in [-0.25, -0.2) is 4.79 Å². The van der Waals surface area contributed by atoms with Crippen LogP contribution in [0.25, 0.3) is 0 Å². The van der Waals surface area contributed by atoms with Crippen LogP contribution in [0.5, 0.6) is 0 Å². The maximum atomic E-state index is 12.5. The molecule has 2 amide bonds. The van der Waals surface area contributed by atoms with Crippen LogP contribution in [-0.2, 0) is 13.1 Å². The number of amides is 2. The van der Waals surface area contributed by atoms with Gasteiger partial charge in [-0.1, -0.05) is 12.1 Å². The molecule has 3 N–H and O–H groups in total. The average molecular weight is 289 g/mol. The summed E-state index contributed by atoms with van der Waals surface area (Å²) in [6.07, 6.45) is 0.743. The smallest absolute Gasteiger partial charge is 0.407 e. The third-order valence-corrected chi connectivity index (χ3v) is 4.35. The van der Waals surface area contributed by atoms with Crippen molar-refractivity contribution in [3.63, 3.8) is 0 Å². The highest BCUT2D eigenvalue weighted by molar-refractivity contribution is 5.98. The summed E-state index contributed by atoms with van der Waals surface area (Å²) in [6.45, 7) is 1.97. The summed E-state index contributed by atoms with van der Waals surface area (Å²) in [4.78, 5) is 26.8. The molecule has 2 heterocycles. The zero-order valence-corrected chi connectivity index (χ0v) is 11.8. The number of benzene rings is 1. The Morgan fingerprint density at radius 1 is 1.43 bits per heavy atom. The summed E-state index contributed by atoms with van der Waals surface area (Å²) in [7, 11) is 0. The number of hydrogen-bond donors (Lipinski definition) is 2. The van der Waals surface area contributed by atoms with E-state index in [1.54, 1.807) is 4.90 Å². The second-order valence-corrected chi connectivity index (χ2v) is 5.65. The van der Waals surface area contributed by atoms with Gasteiger partial charge < -0.3 is 20.6 Å². The molecule has 3 rings (SSSR count). The van der Waals surface area contributed by atoms with Gasteiger partial charge >= 0.3 is 6.09 Å². The molecule has 1 unspecified atom stereocenters. The summed E-state index contributed by atoms with van der Waals surface area (Å²) in [5, 5.41) is 9.12. The van der Waals surface area contributed by atoms with Crippen molar-refractivity contribution in [2.45, 2.75) is 32.0 Å². The Kier molecular flexibility index (Phi) is 3.55. The number of carboxylic acid groups (broad SMARTS) is 1. The second kappa shape index (κ2) is 5.37. The van der Waals surface area contributed by atoms with E-state index in [4.69, 9.17) is 10.8 Å². The molecule has 1 atom stereocenters. The molecule has 0 bridgehead atoms. The highest BCUT2D eigenvalue weighted by Crippen LogP contribution is 2.28. The Labute approximate surface area is 123 Å². The Morgan fingerprint density at radius 2 is 2.24 bits per heavy atom. The van der Waals surface area contributed by atoms with Crippen molar-refractivity contribution in [3.05, 3.63) is 34.9 Å². The van der Waals surface area contributed by atoms with Crippen LogP contribution in [0.4, 0.5) is 4.79 Å². The molecule has 1 saturated heterocycles. The SMILES string of the molecule is NCc1ccc2c(c1)CN(C1CCCN(C(=O)O)C1)C2=O. The molecule has 0 saturated carbocycles. The Hall–Kier alpha value is -2.08. The van der Waals surface area contributed by atoms with E-state index in [0.717, 1.165) is 29.5 Å². The van der Waals surface area contributed by atoms with E-state index in [1.165, 1.54) is 4.90 Å². The van der Waals surface area contributed by atoms with Crippen LogP contribution in [0.3, 0.4) is 0 Å². The number of rotatable bonds is 2. The predicted octanol–water partition coefficient (Wildman–Crippen LogP) is 1.24. The molecule has 21 heavy (non-hydrogen) atoms. The highest BCUT2D eigenvalue weighted by atomic mass is 16.4. The number of likely N-dealkylation sites (tertiary alicyclic amines) is 1. The maximum absolute atomic E-state index is 12.5. The van der Waals surface area contributed by atoms with Crippen LogP contribution in [0.2, 0.25) is 0 Å². The van der Waals surface area contributed by atoms with Gasteiger partial charge in [-0.2, -0.15) is 0 Å². The molecule has 112 valence electrons. The number of carbonyl (C=O) groups is 2. The van der Waals surface area contributed by atoms with Gasteiger partial charge in [-0.3, -0.25) is 4.79 Å². The summed E-state index contributed by atoms with van der Waals surface area (Å²) in [5.41, 5.74) is 8.37. The fraction of sp³-hybridized carbons (Fsp3) is 0.467. The minimum Gasteiger partial charge on any atom is -0.465 e. The van der Waals surface area contributed by atoms with Gasteiger partial charge in [-0.15, -0.1) is 0 Å². The number of hydrogen-bond acceptors (Lipinski definition) is 3. The number of nitrogens with two attached hydrogens (primary N) is 1. The van der Waals surface area contributed by atoms with Gasteiger partial charge in [0, 0.05) is 31.7 Å². The van der Waals surface area contributed by atoms with Crippen molar-refractivity contribution >= 4 is 12.0 Å². The first-order valence-electron chi connectivity index (χ1n) is 7.21. The summed E-state index contributed by atoms with van der Waals surface area (Å²) in [5.74, 6) is 0.00538. The molecule has 6 heteroatoms. The van der Waals surface area contributed by atoms with E-state index in [1.807, 2.05) is 18.2 Å². The minimum atomic E-state index is -0.908. The number of nitrogens with zero attached hydrogens (tertiary/aromatic N) is 2. The zero-order valence-electron chi connectivity index (χ0n) is 11.8. The molecule has 1 aromatic carbocycles. The fourth-order valence-corrected chi connectivity index (χ4v) is 3.20. The van der Waals surface area contributed by atoms with E-state index < -0.39 is 6.09 Å². The van der Waals surface area contributed by atoms with Crippen molar-refractivity contribution < 1.29 is 14.7 Å². The Balaban J connectivity index is 1.79. The van der Waals surface area contributed by atoms with Crippen molar-refractivity contribution in [2.75, 3.05) is 13.1 Å². The maximum Gasteiger partial charge on any atom is 0.407 e. The molecule has 1 fully saturated rings. The lowest BCUT2D eigenvalue weighted by atomic mass is 10.0. The predicted molar refractivity (Wildman–Crippen MR) is 76.8 cm³/mol. The highest BCUT2D eigenvalue weighted by Gasteiger charge is 2.35. The molecule has 1 aromatic rings. The molecule has 2 aliphatic heterocycles. The molecule has 0 spiro atoms. The molecule has 0 radical (unpaired) electrons. The van der Waals surface area contributed by atoms with Crippen molar-refractivity contribution in [2.24, 2.45) is 5.73 Å². The molecule has 0 aromatic heterocycles. The summed E-state index contributed by atoms with van der Waals surface area (Å²) < 4.78 is 0. The summed E-state index contributed by atoms with van der Waals surface area (Å²) >= 11 is 0. The minimum absolute atomic E-state index is 0.00538. The van der Waals surface area contributed by atoms with Crippen LogP contribution in [0.1, 0.15) is 34.3 Å². The standard InChI is InChI=1S/C15H19N3O3/c16-7-10-3-4-13-11(6-10)8-18(14(13)19)12-2-1-5-17(9-12)15(20)21/h3-4,6,12H,1-2,5,7-9,16H2,(H,20,21). The zero-order chi connectivity index (χ0) is 15.0. The lowest BCUT2D eigenvalue weighted by molar-refractivity contribution is 0.0559. The number of piperidine rings is 1. The normalized spacial score (nSPS) is 21.6. The first-order valence-corrected chi connectivity index (χ1v) is 7.21. The lowest BCUT2D eigenvalue weighted by Gasteiger charge is -2.36. The third kappa shape index (κ3) is 2.47. The van der Waals surface area contributed by atoms with Crippen molar-refractivity contribution in [3.8, 4) is 0 Å². The van der Waals surface area contributed by atoms with Crippen LogP contribution in [0, 0.1) is 0 Å². The largest absolute Gasteiger partial charge is 0.465 e. The molecule has 6 nitrogen and oxygen atoms in total. The molecular weight excluding hydrogens is 270 g/mol. The fourth-order valence-electron chi connectivity index (χ4n) is 3.20.